The van der Waals surface area contributed by atoms with Gasteiger partial charge < -0.3 is 10.5 Å². The van der Waals surface area contributed by atoms with Gasteiger partial charge in [0.25, 0.3) is 0 Å². The third kappa shape index (κ3) is 1.88. The molecule has 0 amide bonds. The molecule has 1 aromatic heterocycles. The largest absolute Gasteiger partial charge is 0.408 e. The number of hydrogen-bond acceptors (Lipinski definition) is 4. The predicted molar refractivity (Wildman–Crippen MR) is 57.5 cm³/mol. The van der Waals surface area contributed by atoms with Gasteiger partial charge in [0.15, 0.2) is 0 Å². The second-order valence-electron chi connectivity index (χ2n) is 3.18. The van der Waals surface area contributed by atoms with Gasteiger partial charge >= 0.3 is 5.97 Å². The Morgan fingerprint density at radius 2 is 2.27 bits per heavy atom. The van der Waals surface area contributed by atoms with Crippen LogP contribution in [0.1, 0.15) is 6.92 Å². The van der Waals surface area contributed by atoms with Gasteiger partial charge in [-0.3, -0.25) is 4.79 Å². The van der Waals surface area contributed by atoms with Crippen LogP contribution in [0.4, 0.5) is 5.69 Å². The van der Waals surface area contributed by atoms with Gasteiger partial charge in [0.05, 0.1) is 0 Å². The molecule has 0 fully saturated rings. The van der Waals surface area contributed by atoms with Gasteiger partial charge in [-0.05, 0) is 6.07 Å². The number of nitrogens with zero attached hydrogens (tertiary/aromatic N) is 1. The molecule has 1 heterocycles. The summed E-state index contributed by atoms with van der Waals surface area (Å²) in [4.78, 5) is 14.7. The van der Waals surface area contributed by atoms with E-state index in [0.29, 0.717) is 5.69 Å². The molecule has 2 aromatic rings. The summed E-state index contributed by atoms with van der Waals surface area (Å²) in [5.74, 6) is -0.121. The lowest BCUT2D eigenvalue weighted by molar-refractivity contribution is -0.132. The van der Waals surface area contributed by atoms with E-state index in [1.165, 1.54) is 6.92 Å². The summed E-state index contributed by atoms with van der Waals surface area (Å²) in [5, 5.41) is 1.76. The normalized spacial score (nSPS) is 10.2. The Hall–Kier alpha value is -2.10. The minimum absolute atomic E-state index is 0.271. The van der Waals surface area contributed by atoms with E-state index in [1.54, 1.807) is 18.3 Å². The first kappa shape index (κ1) is 9.45. The fourth-order valence-corrected chi connectivity index (χ4v) is 1.38. The third-order valence-corrected chi connectivity index (χ3v) is 2.02. The van der Waals surface area contributed by atoms with Crippen LogP contribution in [0.2, 0.25) is 0 Å². The number of rotatable bonds is 1. The van der Waals surface area contributed by atoms with Gasteiger partial charge in [-0.15, -0.1) is 0 Å². The first-order valence-corrected chi connectivity index (χ1v) is 4.49. The number of benzene rings is 1. The number of aromatic nitrogens is 1. The van der Waals surface area contributed by atoms with Crippen molar-refractivity contribution in [2.75, 3.05) is 5.73 Å². The zero-order valence-electron chi connectivity index (χ0n) is 8.23. The van der Waals surface area contributed by atoms with E-state index in [-0.39, 0.29) is 5.88 Å². The number of nitrogen functional groups attached to an aromatic ring is 1. The van der Waals surface area contributed by atoms with Crippen LogP contribution in [0.15, 0.2) is 30.5 Å². The second kappa shape index (κ2) is 3.57. The Kier molecular flexibility index (Phi) is 2.25. The molecule has 1 aromatic carbocycles. The fourth-order valence-electron chi connectivity index (χ4n) is 1.38. The van der Waals surface area contributed by atoms with Crippen LogP contribution in [-0.4, -0.2) is 11.0 Å². The first-order chi connectivity index (χ1) is 7.16. The van der Waals surface area contributed by atoms with Crippen molar-refractivity contribution in [3.8, 4) is 5.88 Å². The number of esters is 1. The summed E-state index contributed by atoms with van der Waals surface area (Å²) < 4.78 is 4.87. The van der Waals surface area contributed by atoms with Gasteiger partial charge in [-0.1, -0.05) is 12.1 Å². The number of carbonyl (C=O) groups excluding carboxylic acids is 1. The number of carbonyl (C=O) groups is 1. The quantitative estimate of drug-likeness (QED) is 0.565. The highest BCUT2D eigenvalue weighted by Crippen LogP contribution is 2.23. The van der Waals surface area contributed by atoms with Crippen molar-refractivity contribution in [2.45, 2.75) is 6.92 Å². The maximum Gasteiger partial charge on any atom is 0.309 e. The van der Waals surface area contributed by atoms with E-state index in [2.05, 4.69) is 4.98 Å². The number of pyridine rings is 1. The number of fused-ring (bicyclic) bond motifs is 1. The monoisotopic (exact) mass is 202 g/mol. The molecule has 0 atom stereocenters. The van der Waals surface area contributed by atoms with Crippen molar-refractivity contribution in [3.63, 3.8) is 0 Å². The molecule has 0 aliphatic heterocycles. The van der Waals surface area contributed by atoms with Gasteiger partial charge in [0, 0.05) is 35.6 Å². The predicted octanol–water partition coefficient (Wildman–Crippen LogP) is 1.74. The minimum Gasteiger partial charge on any atom is -0.408 e. The van der Waals surface area contributed by atoms with Crippen molar-refractivity contribution in [1.82, 2.24) is 4.98 Å². The van der Waals surface area contributed by atoms with E-state index >= 15 is 0 Å². The molecule has 0 radical (unpaired) electrons. The second-order valence-corrected chi connectivity index (χ2v) is 3.18. The molecule has 0 aliphatic rings. The average molecular weight is 202 g/mol. The molecule has 4 nitrogen and oxygen atoms in total. The van der Waals surface area contributed by atoms with Crippen LogP contribution in [-0.2, 0) is 4.79 Å². The average Bonchev–Trinajstić information content (AvgIpc) is 2.18. The topological polar surface area (TPSA) is 65.2 Å². The number of nitrogens with two attached hydrogens (primary N) is 1. The van der Waals surface area contributed by atoms with Crippen molar-refractivity contribution < 1.29 is 9.53 Å². The molecule has 4 heteroatoms. The molecule has 15 heavy (non-hydrogen) atoms. The first-order valence-electron chi connectivity index (χ1n) is 4.49. The molecule has 0 saturated carbocycles. The van der Waals surface area contributed by atoms with Crippen molar-refractivity contribution in [2.24, 2.45) is 0 Å². The SMILES string of the molecule is CC(=O)Oc1cc2c(N)cccc2cn1. The molecule has 0 spiro atoms. The van der Waals surface area contributed by atoms with Crippen LogP contribution in [0.5, 0.6) is 5.88 Å². The lowest BCUT2D eigenvalue weighted by Crippen LogP contribution is -2.02. The molecular formula is C11H10N2O2. The highest BCUT2D eigenvalue weighted by molar-refractivity contribution is 5.93. The van der Waals surface area contributed by atoms with Crippen LogP contribution in [0.3, 0.4) is 0 Å². The minimum atomic E-state index is -0.392. The van der Waals surface area contributed by atoms with Gasteiger partial charge in [-0.2, -0.15) is 0 Å². The Balaban J connectivity index is 2.54. The van der Waals surface area contributed by atoms with Crippen LogP contribution >= 0.6 is 0 Å². The highest BCUT2D eigenvalue weighted by atomic mass is 16.5. The molecule has 76 valence electrons. The number of ether oxygens (including phenoxy) is 1. The maximum absolute atomic E-state index is 10.7. The Labute approximate surface area is 86.7 Å². The lowest BCUT2D eigenvalue weighted by Gasteiger charge is -2.04. The van der Waals surface area contributed by atoms with E-state index in [0.717, 1.165) is 10.8 Å². The standard InChI is InChI=1S/C11H10N2O2/c1-7(14)15-11-5-9-8(6-13-11)3-2-4-10(9)12/h2-6H,12H2,1H3. The Morgan fingerprint density at radius 3 is 3.00 bits per heavy atom. The summed E-state index contributed by atoms with van der Waals surface area (Å²) in [6, 6.07) is 7.20. The van der Waals surface area contributed by atoms with Gasteiger partial charge in [0.2, 0.25) is 5.88 Å². The van der Waals surface area contributed by atoms with Gasteiger partial charge in [0.1, 0.15) is 0 Å². The maximum atomic E-state index is 10.7. The summed E-state index contributed by atoms with van der Waals surface area (Å²) in [6.45, 7) is 1.33. The summed E-state index contributed by atoms with van der Waals surface area (Å²) >= 11 is 0. The molecule has 2 N–H and O–H groups in total. The molecule has 0 aliphatic carbocycles. The van der Waals surface area contributed by atoms with E-state index in [4.69, 9.17) is 10.5 Å². The molecular weight excluding hydrogens is 192 g/mol. The smallest absolute Gasteiger partial charge is 0.309 e. The summed E-state index contributed by atoms with van der Waals surface area (Å²) in [6.07, 6.45) is 1.63. The number of anilines is 1. The zero-order chi connectivity index (χ0) is 10.8. The Bertz CT molecular complexity index is 523. The molecule has 0 saturated heterocycles. The van der Waals surface area contributed by atoms with Crippen LogP contribution < -0.4 is 10.5 Å². The number of hydrogen-bond donors (Lipinski definition) is 1. The fraction of sp³-hybridized carbons (Fsp3) is 0.0909. The highest BCUT2D eigenvalue weighted by Gasteiger charge is 2.03. The summed E-state index contributed by atoms with van der Waals surface area (Å²) in [7, 11) is 0. The molecule has 2 rings (SSSR count). The van der Waals surface area contributed by atoms with E-state index in [9.17, 15) is 4.79 Å². The van der Waals surface area contributed by atoms with Crippen molar-refractivity contribution >= 4 is 22.4 Å². The van der Waals surface area contributed by atoms with Crippen LogP contribution in [0.25, 0.3) is 10.8 Å². The Morgan fingerprint density at radius 1 is 1.47 bits per heavy atom. The van der Waals surface area contributed by atoms with Crippen molar-refractivity contribution in [3.05, 3.63) is 30.5 Å². The van der Waals surface area contributed by atoms with E-state index < -0.39 is 5.97 Å². The van der Waals surface area contributed by atoms with Crippen LogP contribution in [0, 0.1) is 0 Å². The van der Waals surface area contributed by atoms with E-state index in [1.807, 2.05) is 12.1 Å². The molecule has 0 bridgehead atoms. The van der Waals surface area contributed by atoms with Gasteiger partial charge in [-0.25, -0.2) is 4.98 Å². The zero-order valence-corrected chi connectivity index (χ0v) is 8.23. The third-order valence-electron chi connectivity index (χ3n) is 2.02. The summed E-state index contributed by atoms with van der Waals surface area (Å²) in [5.41, 5.74) is 6.43. The lowest BCUT2D eigenvalue weighted by atomic mass is 10.1. The molecule has 0 unspecified atom stereocenters. The van der Waals surface area contributed by atoms with Crippen molar-refractivity contribution in [1.29, 1.82) is 0 Å².